The molecule has 0 amide bonds. The molecule has 0 N–H and O–H groups in total. The standard InChI is InChI=1S/C14H22N2/c1-12(2)11-13-7-6-8-14(15-13)16-9-4-3-5-10-16/h6-8,12H,3-5,9-11H2,1-2H3. The van der Waals surface area contributed by atoms with E-state index in [-0.39, 0.29) is 0 Å². The molecule has 2 heteroatoms. The molecule has 1 aliphatic rings. The van der Waals surface area contributed by atoms with Crippen molar-refractivity contribution < 1.29 is 0 Å². The highest BCUT2D eigenvalue weighted by Gasteiger charge is 2.12. The first-order chi connectivity index (χ1) is 7.75. The summed E-state index contributed by atoms with van der Waals surface area (Å²) >= 11 is 0. The van der Waals surface area contributed by atoms with Gasteiger partial charge in [0, 0.05) is 18.8 Å². The van der Waals surface area contributed by atoms with Crippen LogP contribution in [0.25, 0.3) is 0 Å². The molecular weight excluding hydrogens is 196 g/mol. The molecule has 0 atom stereocenters. The first-order valence-electron chi connectivity index (χ1n) is 6.46. The van der Waals surface area contributed by atoms with Crippen LogP contribution in [0.1, 0.15) is 38.8 Å². The molecule has 0 aromatic carbocycles. The van der Waals surface area contributed by atoms with Crippen molar-refractivity contribution in [3.05, 3.63) is 23.9 Å². The minimum atomic E-state index is 0.684. The van der Waals surface area contributed by atoms with E-state index in [9.17, 15) is 0 Å². The third kappa shape index (κ3) is 2.97. The summed E-state index contributed by atoms with van der Waals surface area (Å²) in [5.41, 5.74) is 1.23. The van der Waals surface area contributed by atoms with Gasteiger partial charge in [0.1, 0.15) is 5.82 Å². The van der Waals surface area contributed by atoms with E-state index >= 15 is 0 Å². The number of nitrogens with zero attached hydrogens (tertiary/aromatic N) is 2. The molecule has 0 bridgehead atoms. The van der Waals surface area contributed by atoms with Crippen molar-refractivity contribution in [2.75, 3.05) is 18.0 Å². The Balaban J connectivity index is 2.08. The monoisotopic (exact) mass is 218 g/mol. The molecule has 0 saturated carbocycles. The van der Waals surface area contributed by atoms with Crippen molar-refractivity contribution >= 4 is 5.82 Å². The van der Waals surface area contributed by atoms with Gasteiger partial charge in [-0.15, -0.1) is 0 Å². The second kappa shape index (κ2) is 5.33. The number of hydrogen-bond acceptors (Lipinski definition) is 2. The zero-order valence-electron chi connectivity index (χ0n) is 10.4. The molecule has 1 aromatic heterocycles. The molecule has 0 spiro atoms. The van der Waals surface area contributed by atoms with Gasteiger partial charge >= 0.3 is 0 Å². The van der Waals surface area contributed by atoms with E-state index in [1.165, 1.54) is 43.9 Å². The van der Waals surface area contributed by atoms with Gasteiger partial charge < -0.3 is 4.90 Å². The molecule has 0 unspecified atom stereocenters. The molecule has 2 rings (SSSR count). The lowest BCUT2D eigenvalue weighted by Gasteiger charge is -2.28. The number of aromatic nitrogens is 1. The van der Waals surface area contributed by atoms with E-state index in [2.05, 4.69) is 36.9 Å². The van der Waals surface area contributed by atoms with Gasteiger partial charge in [0.05, 0.1) is 0 Å². The molecule has 2 heterocycles. The summed E-state index contributed by atoms with van der Waals surface area (Å²) in [4.78, 5) is 7.19. The van der Waals surface area contributed by atoms with Crippen LogP contribution in [0.2, 0.25) is 0 Å². The smallest absolute Gasteiger partial charge is 0.128 e. The summed E-state index contributed by atoms with van der Waals surface area (Å²) < 4.78 is 0. The predicted octanol–water partition coefficient (Wildman–Crippen LogP) is 3.27. The molecule has 16 heavy (non-hydrogen) atoms. The Kier molecular flexibility index (Phi) is 3.81. The van der Waals surface area contributed by atoms with Crippen molar-refractivity contribution in [2.24, 2.45) is 5.92 Å². The van der Waals surface area contributed by atoms with Gasteiger partial charge in [-0.2, -0.15) is 0 Å². The molecule has 0 radical (unpaired) electrons. The lowest BCUT2D eigenvalue weighted by atomic mass is 10.1. The van der Waals surface area contributed by atoms with Crippen molar-refractivity contribution in [3.63, 3.8) is 0 Å². The van der Waals surface area contributed by atoms with Crippen molar-refractivity contribution in [1.29, 1.82) is 0 Å². The van der Waals surface area contributed by atoms with E-state index in [4.69, 9.17) is 4.98 Å². The molecular formula is C14H22N2. The first-order valence-corrected chi connectivity index (χ1v) is 6.46. The summed E-state index contributed by atoms with van der Waals surface area (Å²) in [6, 6.07) is 6.44. The molecule has 88 valence electrons. The molecule has 1 saturated heterocycles. The maximum Gasteiger partial charge on any atom is 0.128 e. The van der Waals surface area contributed by atoms with Gasteiger partial charge in [0.2, 0.25) is 0 Å². The minimum absolute atomic E-state index is 0.684. The van der Waals surface area contributed by atoms with Gasteiger partial charge in [0.25, 0.3) is 0 Å². The predicted molar refractivity (Wildman–Crippen MR) is 68.8 cm³/mol. The Bertz CT molecular complexity index is 327. The summed E-state index contributed by atoms with van der Waals surface area (Å²) in [6.45, 7) is 6.85. The zero-order valence-corrected chi connectivity index (χ0v) is 10.4. The van der Waals surface area contributed by atoms with Crippen LogP contribution >= 0.6 is 0 Å². The van der Waals surface area contributed by atoms with Crippen LogP contribution in [0.15, 0.2) is 18.2 Å². The van der Waals surface area contributed by atoms with E-state index in [0.29, 0.717) is 5.92 Å². The highest BCUT2D eigenvalue weighted by Crippen LogP contribution is 2.18. The van der Waals surface area contributed by atoms with Gasteiger partial charge in [-0.05, 0) is 43.7 Å². The second-order valence-electron chi connectivity index (χ2n) is 5.13. The molecule has 0 aliphatic carbocycles. The summed E-state index contributed by atoms with van der Waals surface area (Å²) in [7, 11) is 0. The largest absolute Gasteiger partial charge is 0.357 e. The summed E-state index contributed by atoms with van der Waals surface area (Å²) in [5.74, 6) is 1.86. The minimum Gasteiger partial charge on any atom is -0.357 e. The maximum absolute atomic E-state index is 4.76. The van der Waals surface area contributed by atoms with Gasteiger partial charge in [-0.25, -0.2) is 4.98 Å². The highest BCUT2D eigenvalue weighted by molar-refractivity contribution is 5.39. The van der Waals surface area contributed by atoms with Gasteiger partial charge in [0.15, 0.2) is 0 Å². The Labute approximate surface area is 98.7 Å². The Morgan fingerprint density at radius 1 is 1.19 bits per heavy atom. The number of hydrogen-bond donors (Lipinski definition) is 0. The van der Waals surface area contributed by atoms with Crippen LogP contribution in [0.4, 0.5) is 5.82 Å². The zero-order chi connectivity index (χ0) is 11.4. The number of piperidine rings is 1. The Hall–Kier alpha value is -1.05. The Morgan fingerprint density at radius 2 is 1.94 bits per heavy atom. The quantitative estimate of drug-likeness (QED) is 0.774. The number of pyridine rings is 1. The fraction of sp³-hybridized carbons (Fsp3) is 0.643. The molecule has 1 aromatic rings. The third-order valence-corrected chi connectivity index (χ3v) is 3.09. The lowest BCUT2D eigenvalue weighted by Crippen LogP contribution is -2.30. The highest BCUT2D eigenvalue weighted by atomic mass is 15.2. The van der Waals surface area contributed by atoms with Crippen molar-refractivity contribution in [3.8, 4) is 0 Å². The van der Waals surface area contributed by atoms with E-state index < -0.39 is 0 Å². The molecule has 1 aliphatic heterocycles. The number of anilines is 1. The topological polar surface area (TPSA) is 16.1 Å². The Morgan fingerprint density at radius 3 is 2.62 bits per heavy atom. The number of rotatable bonds is 3. The van der Waals surface area contributed by atoms with Crippen LogP contribution < -0.4 is 4.90 Å². The van der Waals surface area contributed by atoms with Crippen LogP contribution in [0.5, 0.6) is 0 Å². The first kappa shape index (κ1) is 11.4. The SMILES string of the molecule is CC(C)Cc1cccc(N2CCCCC2)n1. The van der Waals surface area contributed by atoms with Crippen LogP contribution in [0, 0.1) is 5.92 Å². The van der Waals surface area contributed by atoms with Crippen LogP contribution in [0.3, 0.4) is 0 Å². The van der Waals surface area contributed by atoms with Crippen molar-refractivity contribution in [1.82, 2.24) is 4.98 Å². The summed E-state index contributed by atoms with van der Waals surface area (Å²) in [5, 5.41) is 0. The van der Waals surface area contributed by atoms with Gasteiger partial charge in [-0.3, -0.25) is 0 Å². The average molecular weight is 218 g/mol. The van der Waals surface area contributed by atoms with Crippen LogP contribution in [-0.4, -0.2) is 18.1 Å². The third-order valence-electron chi connectivity index (χ3n) is 3.09. The maximum atomic E-state index is 4.76. The lowest BCUT2D eigenvalue weighted by molar-refractivity contribution is 0.570. The normalized spacial score (nSPS) is 16.8. The van der Waals surface area contributed by atoms with E-state index in [1.807, 2.05) is 0 Å². The molecule has 1 fully saturated rings. The fourth-order valence-corrected chi connectivity index (χ4v) is 2.30. The summed E-state index contributed by atoms with van der Waals surface area (Å²) in [6.07, 6.45) is 5.09. The van der Waals surface area contributed by atoms with E-state index in [1.54, 1.807) is 0 Å². The fourth-order valence-electron chi connectivity index (χ4n) is 2.30. The van der Waals surface area contributed by atoms with Crippen molar-refractivity contribution in [2.45, 2.75) is 39.5 Å². The van der Waals surface area contributed by atoms with E-state index in [0.717, 1.165) is 6.42 Å². The average Bonchev–Trinajstić information content (AvgIpc) is 2.30. The van der Waals surface area contributed by atoms with Gasteiger partial charge in [-0.1, -0.05) is 19.9 Å². The molecule has 2 nitrogen and oxygen atoms in total. The van der Waals surface area contributed by atoms with Crippen LogP contribution in [-0.2, 0) is 6.42 Å². The second-order valence-corrected chi connectivity index (χ2v) is 5.13.